The van der Waals surface area contributed by atoms with Gasteiger partial charge < -0.3 is 9.73 Å². The lowest BCUT2D eigenvalue weighted by atomic mass is 10.2. The van der Waals surface area contributed by atoms with E-state index in [9.17, 15) is 4.79 Å². The zero-order valence-electron chi connectivity index (χ0n) is 13.2. The summed E-state index contributed by atoms with van der Waals surface area (Å²) in [6, 6.07) is 14.3. The molecule has 0 fully saturated rings. The summed E-state index contributed by atoms with van der Waals surface area (Å²) in [7, 11) is 0. The van der Waals surface area contributed by atoms with E-state index in [-0.39, 0.29) is 5.91 Å². The molecule has 2 aromatic heterocycles. The van der Waals surface area contributed by atoms with E-state index >= 15 is 0 Å². The second-order valence-corrected chi connectivity index (χ2v) is 6.91. The van der Waals surface area contributed by atoms with E-state index in [0.717, 1.165) is 10.0 Å². The van der Waals surface area contributed by atoms with Gasteiger partial charge in [0.2, 0.25) is 5.89 Å². The van der Waals surface area contributed by atoms with Crippen molar-refractivity contribution >= 4 is 50.2 Å². The fraction of sp³-hybridized carbons (Fsp3) is 0. The lowest BCUT2D eigenvalue weighted by molar-refractivity contribution is 0.102. The van der Waals surface area contributed by atoms with Crippen LogP contribution in [-0.2, 0) is 0 Å². The molecular formula is C19H11BrClN3O2. The molecule has 0 radical (unpaired) electrons. The Morgan fingerprint density at radius 3 is 2.81 bits per heavy atom. The van der Waals surface area contributed by atoms with Crippen LogP contribution in [0.5, 0.6) is 0 Å². The highest BCUT2D eigenvalue weighted by Crippen LogP contribution is 2.28. The number of pyridine rings is 1. The van der Waals surface area contributed by atoms with Crippen molar-refractivity contribution in [1.29, 1.82) is 0 Å². The molecule has 128 valence electrons. The predicted octanol–water partition coefficient (Wildman–Crippen LogP) is 5.56. The molecule has 0 atom stereocenters. The average Bonchev–Trinajstić information content (AvgIpc) is 3.05. The average molecular weight is 429 g/mol. The number of carbonyl (C=O) groups excluding carboxylic acids is 1. The standard InChI is InChI=1S/C19H11BrClN3O2/c20-13-6-12(9-22-10-13)18(25)23-15-4-5-16-17(8-15)26-19(24-16)11-2-1-3-14(21)7-11/h1-10H,(H,23,25). The normalized spacial score (nSPS) is 10.8. The van der Waals surface area contributed by atoms with Gasteiger partial charge in [-0.1, -0.05) is 17.7 Å². The summed E-state index contributed by atoms with van der Waals surface area (Å²) in [5, 5.41) is 3.44. The van der Waals surface area contributed by atoms with E-state index in [4.69, 9.17) is 16.0 Å². The molecule has 0 bridgehead atoms. The molecule has 0 aliphatic heterocycles. The fourth-order valence-corrected chi connectivity index (χ4v) is 3.04. The van der Waals surface area contributed by atoms with Gasteiger partial charge in [0.1, 0.15) is 5.52 Å². The van der Waals surface area contributed by atoms with Crippen LogP contribution in [-0.4, -0.2) is 15.9 Å². The molecule has 2 heterocycles. The van der Waals surface area contributed by atoms with Gasteiger partial charge in [-0.2, -0.15) is 0 Å². The predicted molar refractivity (Wildman–Crippen MR) is 104 cm³/mol. The van der Waals surface area contributed by atoms with Gasteiger partial charge in [0, 0.05) is 39.2 Å². The van der Waals surface area contributed by atoms with Crippen LogP contribution in [0.3, 0.4) is 0 Å². The van der Waals surface area contributed by atoms with E-state index < -0.39 is 0 Å². The molecule has 0 aliphatic rings. The van der Waals surface area contributed by atoms with Gasteiger partial charge in [-0.3, -0.25) is 9.78 Å². The number of hydrogen-bond donors (Lipinski definition) is 1. The number of carbonyl (C=O) groups is 1. The minimum Gasteiger partial charge on any atom is -0.436 e. The number of rotatable bonds is 3. The van der Waals surface area contributed by atoms with E-state index in [2.05, 4.69) is 31.2 Å². The maximum atomic E-state index is 12.3. The van der Waals surface area contributed by atoms with Crippen molar-refractivity contribution in [2.75, 3.05) is 5.32 Å². The first kappa shape index (κ1) is 16.8. The molecule has 26 heavy (non-hydrogen) atoms. The minimum atomic E-state index is -0.257. The topological polar surface area (TPSA) is 68.0 Å². The highest BCUT2D eigenvalue weighted by atomic mass is 79.9. The van der Waals surface area contributed by atoms with Crippen molar-refractivity contribution in [3.05, 3.63) is 76.0 Å². The second-order valence-electron chi connectivity index (χ2n) is 5.56. The number of benzene rings is 2. The molecule has 1 N–H and O–H groups in total. The molecule has 2 aromatic carbocycles. The summed E-state index contributed by atoms with van der Waals surface area (Å²) >= 11 is 9.32. The fourth-order valence-electron chi connectivity index (χ4n) is 2.49. The Morgan fingerprint density at radius 2 is 2.00 bits per heavy atom. The SMILES string of the molecule is O=C(Nc1ccc2nc(-c3cccc(Cl)c3)oc2c1)c1cncc(Br)c1. The van der Waals surface area contributed by atoms with Crippen molar-refractivity contribution in [1.82, 2.24) is 9.97 Å². The number of fused-ring (bicyclic) bond motifs is 1. The Morgan fingerprint density at radius 1 is 1.12 bits per heavy atom. The maximum Gasteiger partial charge on any atom is 0.257 e. The molecule has 5 nitrogen and oxygen atoms in total. The highest BCUT2D eigenvalue weighted by Gasteiger charge is 2.11. The first-order valence-electron chi connectivity index (χ1n) is 7.67. The van der Waals surface area contributed by atoms with Gasteiger partial charge in [-0.15, -0.1) is 0 Å². The summed E-state index contributed by atoms with van der Waals surface area (Å²) in [6.07, 6.45) is 3.12. The van der Waals surface area contributed by atoms with Crippen LogP contribution >= 0.6 is 27.5 Å². The van der Waals surface area contributed by atoms with Gasteiger partial charge in [-0.25, -0.2) is 4.98 Å². The van der Waals surface area contributed by atoms with Crippen LogP contribution < -0.4 is 5.32 Å². The number of oxazole rings is 1. The highest BCUT2D eigenvalue weighted by molar-refractivity contribution is 9.10. The largest absolute Gasteiger partial charge is 0.436 e. The third kappa shape index (κ3) is 3.47. The third-order valence-corrected chi connectivity index (χ3v) is 4.35. The van der Waals surface area contributed by atoms with Crippen molar-refractivity contribution in [3.63, 3.8) is 0 Å². The Kier molecular flexibility index (Phi) is 4.44. The van der Waals surface area contributed by atoms with Crippen molar-refractivity contribution < 1.29 is 9.21 Å². The van der Waals surface area contributed by atoms with Crippen LogP contribution in [0.15, 0.2) is 69.8 Å². The molecule has 0 spiro atoms. The molecule has 0 saturated carbocycles. The number of nitrogens with zero attached hydrogens (tertiary/aromatic N) is 2. The molecule has 1 amide bonds. The molecule has 0 aliphatic carbocycles. The van der Waals surface area contributed by atoms with E-state index in [1.54, 1.807) is 42.6 Å². The summed E-state index contributed by atoms with van der Waals surface area (Å²) in [4.78, 5) is 20.8. The minimum absolute atomic E-state index is 0.257. The van der Waals surface area contributed by atoms with Crippen LogP contribution in [0.25, 0.3) is 22.6 Å². The van der Waals surface area contributed by atoms with Gasteiger partial charge in [0.05, 0.1) is 5.56 Å². The third-order valence-electron chi connectivity index (χ3n) is 3.68. The first-order chi connectivity index (χ1) is 12.6. The van der Waals surface area contributed by atoms with Crippen molar-refractivity contribution in [3.8, 4) is 11.5 Å². The lowest BCUT2D eigenvalue weighted by Crippen LogP contribution is -2.12. The number of hydrogen-bond acceptors (Lipinski definition) is 4. The van der Waals surface area contributed by atoms with Gasteiger partial charge in [0.15, 0.2) is 5.58 Å². The monoisotopic (exact) mass is 427 g/mol. The molecule has 0 unspecified atom stereocenters. The Hall–Kier alpha value is -2.70. The summed E-state index contributed by atoms with van der Waals surface area (Å²) < 4.78 is 6.55. The Balaban J connectivity index is 1.62. The van der Waals surface area contributed by atoms with Crippen molar-refractivity contribution in [2.45, 2.75) is 0 Å². The second kappa shape index (κ2) is 6.90. The number of anilines is 1. The molecule has 0 saturated heterocycles. The van der Waals surface area contributed by atoms with Gasteiger partial charge >= 0.3 is 0 Å². The quantitative estimate of drug-likeness (QED) is 0.464. The number of amides is 1. The summed E-state index contributed by atoms with van der Waals surface area (Å²) in [5.41, 5.74) is 3.12. The van der Waals surface area contributed by atoms with Crippen LogP contribution in [0.1, 0.15) is 10.4 Å². The zero-order valence-corrected chi connectivity index (χ0v) is 15.6. The summed E-state index contributed by atoms with van der Waals surface area (Å²) in [6.45, 7) is 0. The van der Waals surface area contributed by atoms with Crippen LogP contribution in [0.4, 0.5) is 5.69 Å². The molecular weight excluding hydrogens is 418 g/mol. The molecule has 4 aromatic rings. The molecule has 4 rings (SSSR count). The first-order valence-corrected chi connectivity index (χ1v) is 8.84. The number of halogens is 2. The summed E-state index contributed by atoms with van der Waals surface area (Å²) in [5.74, 6) is 0.217. The van der Waals surface area contributed by atoms with Gasteiger partial charge in [0.25, 0.3) is 5.91 Å². The lowest BCUT2D eigenvalue weighted by Gasteiger charge is -2.04. The van der Waals surface area contributed by atoms with E-state index in [1.807, 2.05) is 12.1 Å². The Labute approximate surface area is 162 Å². The van der Waals surface area contributed by atoms with Crippen LogP contribution in [0, 0.1) is 0 Å². The Bertz CT molecular complexity index is 1130. The van der Waals surface area contributed by atoms with Crippen LogP contribution in [0.2, 0.25) is 5.02 Å². The van der Waals surface area contributed by atoms with Crippen molar-refractivity contribution in [2.24, 2.45) is 0 Å². The maximum absolute atomic E-state index is 12.3. The number of nitrogens with one attached hydrogen (secondary N) is 1. The number of aromatic nitrogens is 2. The molecule has 7 heteroatoms. The van der Waals surface area contributed by atoms with E-state index in [1.165, 1.54) is 6.20 Å². The van der Waals surface area contributed by atoms with Gasteiger partial charge in [-0.05, 0) is 52.3 Å². The van der Waals surface area contributed by atoms with E-state index in [0.29, 0.717) is 33.3 Å². The zero-order chi connectivity index (χ0) is 18.1. The smallest absolute Gasteiger partial charge is 0.257 e.